The van der Waals surface area contributed by atoms with E-state index >= 15 is 0 Å². The first kappa shape index (κ1) is 17.2. The van der Waals surface area contributed by atoms with Gasteiger partial charge in [0.2, 0.25) is 0 Å². The Kier molecular flexibility index (Phi) is 6.20. The molecule has 1 N–H and O–H groups in total. The van der Waals surface area contributed by atoms with Crippen molar-refractivity contribution < 1.29 is 4.79 Å². The molecule has 2 nitrogen and oxygen atoms in total. The molecule has 1 aromatic rings. The fraction of sp³-hybridized carbons (Fsp3) is 0.588. The van der Waals surface area contributed by atoms with E-state index in [4.69, 9.17) is 0 Å². The number of benzene rings is 1. The molecule has 1 rings (SSSR count). The van der Waals surface area contributed by atoms with Crippen LogP contribution >= 0.6 is 7.26 Å². The van der Waals surface area contributed by atoms with Gasteiger partial charge in [0.15, 0.2) is 0 Å². The monoisotopic (exact) mass is 295 g/mol. The number of aryl methyl sites for hydroxylation is 2. The number of hydrogen-bond donors (Lipinski definition) is 1. The zero-order valence-electron chi connectivity index (χ0n) is 13.8. The third-order valence-corrected chi connectivity index (χ3v) is 11.5. The maximum atomic E-state index is 12.7. The van der Waals surface area contributed by atoms with E-state index in [0.717, 1.165) is 16.8 Å². The van der Waals surface area contributed by atoms with Gasteiger partial charge in [0.1, 0.15) is 0 Å². The molecule has 20 heavy (non-hydrogen) atoms. The number of hydrogen-bond acceptors (Lipinski definition) is 1. The van der Waals surface area contributed by atoms with Gasteiger partial charge in [-0.3, -0.25) is 0 Å². The van der Waals surface area contributed by atoms with E-state index in [9.17, 15) is 4.79 Å². The molecule has 114 valence electrons. The third kappa shape index (κ3) is 3.41. The molecule has 0 aromatic heterocycles. The summed E-state index contributed by atoms with van der Waals surface area (Å²) in [6, 6.07) is 6.14. The van der Waals surface area contributed by atoms with Crippen LogP contribution in [0, 0.1) is 13.8 Å². The molecule has 0 heterocycles. The summed E-state index contributed by atoms with van der Waals surface area (Å²) in [6.45, 7) is 13.0. The van der Waals surface area contributed by atoms with Crippen molar-refractivity contribution in [3.8, 4) is 0 Å². The van der Waals surface area contributed by atoms with Crippen LogP contribution in [0.2, 0.25) is 0 Å². The first-order chi connectivity index (χ1) is 9.41. The fourth-order valence-corrected chi connectivity index (χ4v) is 7.16. The van der Waals surface area contributed by atoms with Gasteiger partial charge in [-0.1, -0.05) is 0 Å². The predicted octanol–water partition coefficient (Wildman–Crippen LogP) is 4.44. The van der Waals surface area contributed by atoms with E-state index in [-0.39, 0.29) is 11.6 Å². The van der Waals surface area contributed by atoms with Gasteiger partial charge in [-0.05, 0) is 0 Å². The summed E-state index contributed by atoms with van der Waals surface area (Å²) in [5.74, 6) is 0.208. The molecule has 0 saturated heterocycles. The van der Waals surface area contributed by atoms with E-state index < -0.39 is 7.26 Å². The Morgan fingerprint density at radius 3 is 1.95 bits per heavy atom. The molecule has 1 unspecified atom stereocenters. The van der Waals surface area contributed by atoms with E-state index in [0.29, 0.717) is 0 Å². The number of carbonyl (C=O) groups is 1. The molecular weight excluding hydrogens is 265 g/mol. The van der Waals surface area contributed by atoms with Gasteiger partial charge in [-0.25, -0.2) is 0 Å². The summed E-state index contributed by atoms with van der Waals surface area (Å²) in [5, 5.41) is 3.18. The van der Waals surface area contributed by atoms with Gasteiger partial charge in [-0.15, -0.1) is 0 Å². The van der Waals surface area contributed by atoms with Crippen LogP contribution < -0.4 is 5.32 Å². The van der Waals surface area contributed by atoms with Crippen molar-refractivity contribution in [2.45, 2.75) is 47.2 Å². The van der Waals surface area contributed by atoms with Crippen molar-refractivity contribution in [3.05, 3.63) is 29.3 Å². The van der Waals surface area contributed by atoms with Gasteiger partial charge >= 0.3 is 124 Å². The molecule has 3 heteroatoms. The number of nitrogens with one attached hydrogen (secondary N) is 1. The number of para-hydroxylation sites is 1. The molecule has 1 aromatic carbocycles. The summed E-state index contributed by atoms with van der Waals surface area (Å²) in [5.41, 5.74) is 3.45. The maximum absolute atomic E-state index is 12.7. The second kappa shape index (κ2) is 7.22. The molecule has 0 aliphatic heterocycles. The molecule has 1 atom stereocenters. The van der Waals surface area contributed by atoms with Crippen molar-refractivity contribution in [2.75, 3.05) is 23.8 Å². The number of anilines is 1. The van der Waals surface area contributed by atoms with Gasteiger partial charge in [0, 0.05) is 0 Å². The standard InChI is InChI=1S/C17H30NOP/c1-7-20(8-2,9-3)15(6)17(19)18-16-13(4)11-10-12-14(16)5/h10-12,15,20H,7-9H2,1-6H3,(H,18,19). The summed E-state index contributed by atoms with van der Waals surface area (Å²) in [7, 11) is -1.48. The Balaban J connectivity index is 2.96. The number of carbonyl (C=O) groups excluding carboxylic acids is 1. The number of rotatable bonds is 6. The van der Waals surface area contributed by atoms with Crippen LogP contribution in [0.1, 0.15) is 38.8 Å². The predicted molar refractivity (Wildman–Crippen MR) is 93.9 cm³/mol. The molecule has 0 bridgehead atoms. The minimum absolute atomic E-state index is 0.168. The fourth-order valence-electron chi connectivity index (χ4n) is 3.19. The molecule has 0 radical (unpaired) electrons. The van der Waals surface area contributed by atoms with Crippen molar-refractivity contribution >= 4 is 18.9 Å². The molecule has 0 saturated carbocycles. The second-order valence-electron chi connectivity index (χ2n) is 5.90. The van der Waals surface area contributed by atoms with Gasteiger partial charge in [0.25, 0.3) is 0 Å². The third-order valence-electron chi connectivity index (χ3n) is 5.15. The molecule has 0 aliphatic carbocycles. The minimum atomic E-state index is -1.48. The van der Waals surface area contributed by atoms with Crippen molar-refractivity contribution in [1.82, 2.24) is 0 Å². The summed E-state index contributed by atoms with van der Waals surface area (Å²) in [6.07, 6.45) is 3.55. The first-order valence-electron chi connectivity index (χ1n) is 7.78. The van der Waals surface area contributed by atoms with Crippen molar-refractivity contribution in [3.63, 3.8) is 0 Å². The van der Waals surface area contributed by atoms with E-state index in [1.54, 1.807) is 0 Å². The quantitative estimate of drug-likeness (QED) is 0.772. The number of amides is 1. The van der Waals surface area contributed by atoms with Crippen LogP contribution in [-0.4, -0.2) is 30.1 Å². The van der Waals surface area contributed by atoms with Gasteiger partial charge in [0.05, 0.1) is 0 Å². The van der Waals surface area contributed by atoms with Crippen LogP contribution in [0.25, 0.3) is 0 Å². The van der Waals surface area contributed by atoms with Crippen LogP contribution in [0.4, 0.5) is 5.69 Å². The normalized spacial score (nSPS) is 13.9. The molecular formula is C17H30NOP. The zero-order valence-corrected chi connectivity index (χ0v) is 14.8. The van der Waals surface area contributed by atoms with Gasteiger partial charge in [-0.2, -0.15) is 0 Å². The summed E-state index contributed by atoms with van der Waals surface area (Å²) < 4.78 is 0. The zero-order chi connectivity index (χ0) is 15.3. The molecule has 0 fully saturated rings. The average Bonchev–Trinajstić information content (AvgIpc) is 2.45. The van der Waals surface area contributed by atoms with Crippen LogP contribution in [0.3, 0.4) is 0 Å². The second-order valence-corrected chi connectivity index (χ2v) is 11.6. The topological polar surface area (TPSA) is 29.1 Å². The van der Waals surface area contributed by atoms with Crippen LogP contribution in [0.5, 0.6) is 0 Å². The average molecular weight is 295 g/mol. The summed E-state index contributed by atoms with van der Waals surface area (Å²) in [4.78, 5) is 12.7. The Hall–Kier alpha value is -0.880. The van der Waals surface area contributed by atoms with E-state index in [2.05, 4.69) is 59.0 Å². The van der Waals surface area contributed by atoms with Crippen LogP contribution in [-0.2, 0) is 4.79 Å². The van der Waals surface area contributed by atoms with Crippen LogP contribution in [0.15, 0.2) is 18.2 Å². The van der Waals surface area contributed by atoms with E-state index in [1.165, 1.54) is 18.5 Å². The first-order valence-corrected chi connectivity index (χ1v) is 10.5. The van der Waals surface area contributed by atoms with E-state index in [1.807, 2.05) is 6.07 Å². The summed E-state index contributed by atoms with van der Waals surface area (Å²) >= 11 is 0. The van der Waals surface area contributed by atoms with Crippen molar-refractivity contribution in [2.24, 2.45) is 0 Å². The molecule has 0 spiro atoms. The van der Waals surface area contributed by atoms with Gasteiger partial charge < -0.3 is 0 Å². The van der Waals surface area contributed by atoms with Crippen molar-refractivity contribution in [1.29, 1.82) is 0 Å². The Bertz CT molecular complexity index is 438. The molecule has 0 aliphatic rings. The Morgan fingerprint density at radius 2 is 1.55 bits per heavy atom. The molecule has 1 amide bonds. The Labute approximate surface area is 124 Å². The Morgan fingerprint density at radius 1 is 1.10 bits per heavy atom. The SMILES string of the molecule is CC[PH](CC)(CC)C(C)C(=O)Nc1c(C)cccc1C.